The van der Waals surface area contributed by atoms with Gasteiger partial charge in [0, 0.05) is 57.0 Å². The third-order valence-electron chi connectivity index (χ3n) is 4.98. The first-order chi connectivity index (χ1) is 12.9. The van der Waals surface area contributed by atoms with Crippen LogP contribution in [-0.4, -0.2) is 34.0 Å². The molecule has 0 radical (unpaired) electrons. The smallest absolute Gasteiger partial charge is 0.238 e. The number of halogens is 2. The van der Waals surface area contributed by atoms with Crippen molar-refractivity contribution in [3.8, 4) is 5.75 Å². The summed E-state index contributed by atoms with van der Waals surface area (Å²) in [7, 11) is 0. The number of benzene rings is 2. The van der Waals surface area contributed by atoms with Crippen molar-refractivity contribution >= 4 is 45.7 Å². The minimum atomic E-state index is -0.142. The van der Waals surface area contributed by atoms with E-state index in [0.717, 1.165) is 34.6 Å². The molecule has 3 aromatic rings. The topological polar surface area (TPSA) is 68.4 Å². The van der Waals surface area contributed by atoms with Crippen LogP contribution in [0.25, 0.3) is 10.9 Å². The van der Waals surface area contributed by atoms with E-state index in [0.29, 0.717) is 22.8 Å². The number of phenolic OH excluding ortho intramolecular Hbond substituents is 1. The summed E-state index contributed by atoms with van der Waals surface area (Å²) in [6, 6.07) is 9.00. The molecular formula is C20H19Cl2N3O2. The Balaban J connectivity index is 1.45. The van der Waals surface area contributed by atoms with Gasteiger partial charge in [-0.3, -0.25) is 9.69 Å². The highest BCUT2D eigenvalue weighted by Crippen LogP contribution is 2.30. The maximum atomic E-state index is 12.4. The SMILES string of the molecule is Cc1c(O)cc(NC(=O)CN2CCc3c([nH]c4ccc(Cl)cc34)C2)cc1Cl. The highest BCUT2D eigenvalue weighted by molar-refractivity contribution is 6.32. The normalized spacial score (nSPS) is 14.3. The van der Waals surface area contributed by atoms with Crippen LogP contribution in [0.15, 0.2) is 30.3 Å². The average Bonchev–Trinajstić information content (AvgIpc) is 2.96. The van der Waals surface area contributed by atoms with E-state index in [4.69, 9.17) is 23.2 Å². The summed E-state index contributed by atoms with van der Waals surface area (Å²) < 4.78 is 0. The number of rotatable bonds is 3. The number of hydrogen-bond donors (Lipinski definition) is 3. The minimum absolute atomic E-state index is 0.0668. The van der Waals surface area contributed by atoms with Crippen molar-refractivity contribution in [1.82, 2.24) is 9.88 Å². The van der Waals surface area contributed by atoms with Crippen molar-refractivity contribution < 1.29 is 9.90 Å². The van der Waals surface area contributed by atoms with Gasteiger partial charge in [-0.15, -0.1) is 0 Å². The number of anilines is 1. The number of fused-ring (bicyclic) bond motifs is 3. The molecule has 2 heterocycles. The largest absolute Gasteiger partial charge is 0.508 e. The Morgan fingerprint density at radius 2 is 2.11 bits per heavy atom. The van der Waals surface area contributed by atoms with Crippen LogP contribution in [0.4, 0.5) is 5.69 Å². The number of nitrogens with zero attached hydrogens (tertiary/aromatic N) is 1. The second-order valence-corrected chi connectivity index (χ2v) is 7.73. The predicted octanol–water partition coefficient (Wildman–Crippen LogP) is 4.49. The van der Waals surface area contributed by atoms with E-state index in [2.05, 4.69) is 15.2 Å². The lowest BCUT2D eigenvalue weighted by atomic mass is 10.0. The van der Waals surface area contributed by atoms with Gasteiger partial charge in [0.1, 0.15) is 5.75 Å². The standard InChI is InChI=1S/C20H19Cl2N3O2/c1-11-16(22)7-13(8-19(11)26)23-20(27)10-25-5-4-14-15-6-12(21)2-3-17(15)24-18(14)9-25/h2-3,6-8,24,26H,4-5,9-10H2,1H3,(H,23,27). The molecular weight excluding hydrogens is 385 g/mol. The van der Waals surface area contributed by atoms with Gasteiger partial charge in [0.05, 0.1) is 6.54 Å². The summed E-state index contributed by atoms with van der Waals surface area (Å²) in [5.41, 5.74) is 4.56. The molecule has 4 rings (SSSR count). The number of aromatic hydroxyl groups is 1. The van der Waals surface area contributed by atoms with E-state index in [1.807, 2.05) is 18.2 Å². The first-order valence-electron chi connectivity index (χ1n) is 8.71. The molecule has 1 aromatic heterocycles. The summed E-state index contributed by atoms with van der Waals surface area (Å²) in [6.07, 6.45) is 0.861. The van der Waals surface area contributed by atoms with Gasteiger partial charge in [-0.2, -0.15) is 0 Å². The molecule has 0 saturated heterocycles. The average molecular weight is 404 g/mol. The van der Waals surface area contributed by atoms with Crippen molar-refractivity contribution in [1.29, 1.82) is 0 Å². The lowest BCUT2D eigenvalue weighted by Gasteiger charge is -2.26. The quantitative estimate of drug-likeness (QED) is 0.603. The highest BCUT2D eigenvalue weighted by atomic mass is 35.5. The van der Waals surface area contributed by atoms with Gasteiger partial charge < -0.3 is 15.4 Å². The van der Waals surface area contributed by atoms with Crippen LogP contribution in [0.1, 0.15) is 16.8 Å². The molecule has 0 aliphatic carbocycles. The monoisotopic (exact) mass is 403 g/mol. The summed E-state index contributed by atoms with van der Waals surface area (Å²) in [4.78, 5) is 17.9. The number of H-pyrrole nitrogens is 1. The number of phenols is 1. The number of carbonyl (C=O) groups excluding carboxylic acids is 1. The van der Waals surface area contributed by atoms with Gasteiger partial charge in [0.2, 0.25) is 5.91 Å². The highest BCUT2D eigenvalue weighted by Gasteiger charge is 2.22. The van der Waals surface area contributed by atoms with Gasteiger partial charge in [-0.1, -0.05) is 23.2 Å². The van der Waals surface area contributed by atoms with Crippen molar-refractivity contribution in [3.63, 3.8) is 0 Å². The van der Waals surface area contributed by atoms with E-state index in [-0.39, 0.29) is 18.2 Å². The van der Waals surface area contributed by atoms with E-state index in [1.54, 1.807) is 13.0 Å². The van der Waals surface area contributed by atoms with Crippen molar-refractivity contribution in [3.05, 3.63) is 57.2 Å². The summed E-state index contributed by atoms with van der Waals surface area (Å²) >= 11 is 12.2. The number of aromatic nitrogens is 1. The predicted molar refractivity (Wildman–Crippen MR) is 109 cm³/mol. The number of nitrogens with one attached hydrogen (secondary N) is 2. The zero-order valence-corrected chi connectivity index (χ0v) is 16.3. The summed E-state index contributed by atoms with van der Waals surface area (Å²) in [5.74, 6) is -0.0749. The zero-order valence-electron chi connectivity index (χ0n) is 14.8. The Hall–Kier alpha value is -2.21. The number of hydrogen-bond acceptors (Lipinski definition) is 3. The van der Waals surface area contributed by atoms with Crippen molar-refractivity contribution in [2.75, 3.05) is 18.4 Å². The molecule has 0 saturated carbocycles. The number of carbonyl (C=O) groups is 1. The molecule has 0 fully saturated rings. The molecule has 5 nitrogen and oxygen atoms in total. The van der Waals surface area contributed by atoms with Crippen LogP contribution >= 0.6 is 23.2 Å². The fraction of sp³-hybridized carbons (Fsp3) is 0.250. The maximum Gasteiger partial charge on any atom is 0.238 e. The molecule has 0 unspecified atom stereocenters. The Labute approximate surface area is 166 Å². The molecule has 0 atom stereocenters. The van der Waals surface area contributed by atoms with Gasteiger partial charge in [-0.25, -0.2) is 0 Å². The van der Waals surface area contributed by atoms with Crippen LogP contribution in [0.5, 0.6) is 5.75 Å². The number of aromatic amines is 1. The molecule has 27 heavy (non-hydrogen) atoms. The number of amides is 1. The lowest BCUT2D eigenvalue weighted by Crippen LogP contribution is -2.37. The second-order valence-electron chi connectivity index (χ2n) is 6.88. The fourth-order valence-electron chi connectivity index (χ4n) is 3.54. The molecule has 1 aliphatic heterocycles. The molecule has 1 aliphatic rings. The van der Waals surface area contributed by atoms with Crippen molar-refractivity contribution in [2.45, 2.75) is 19.9 Å². The van der Waals surface area contributed by atoms with Crippen LogP contribution in [-0.2, 0) is 17.8 Å². The Morgan fingerprint density at radius 3 is 2.89 bits per heavy atom. The molecule has 140 valence electrons. The third kappa shape index (κ3) is 3.63. The van der Waals surface area contributed by atoms with Gasteiger partial charge in [-0.05, 0) is 43.2 Å². The van der Waals surface area contributed by atoms with Crippen LogP contribution in [0.3, 0.4) is 0 Å². The molecule has 0 bridgehead atoms. The second kappa shape index (κ2) is 7.08. The molecule has 0 spiro atoms. The summed E-state index contributed by atoms with van der Waals surface area (Å²) in [6.45, 7) is 3.46. The van der Waals surface area contributed by atoms with Gasteiger partial charge >= 0.3 is 0 Å². The van der Waals surface area contributed by atoms with E-state index in [9.17, 15) is 9.90 Å². The van der Waals surface area contributed by atoms with E-state index < -0.39 is 0 Å². The van der Waals surface area contributed by atoms with E-state index >= 15 is 0 Å². The lowest BCUT2D eigenvalue weighted by molar-refractivity contribution is -0.117. The first kappa shape index (κ1) is 18.2. The Bertz CT molecular complexity index is 1020. The van der Waals surface area contributed by atoms with Crippen LogP contribution in [0, 0.1) is 6.92 Å². The Kier molecular flexibility index (Phi) is 4.76. The minimum Gasteiger partial charge on any atom is -0.508 e. The molecule has 7 heteroatoms. The molecule has 2 aromatic carbocycles. The third-order valence-corrected chi connectivity index (χ3v) is 5.61. The molecule has 1 amide bonds. The van der Waals surface area contributed by atoms with Crippen molar-refractivity contribution in [2.24, 2.45) is 0 Å². The van der Waals surface area contributed by atoms with Crippen LogP contribution < -0.4 is 5.32 Å². The first-order valence-corrected chi connectivity index (χ1v) is 9.46. The molecule has 3 N–H and O–H groups in total. The Morgan fingerprint density at radius 1 is 1.30 bits per heavy atom. The van der Waals surface area contributed by atoms with E-state index in [1.165, 1.54) is 11.6 Å². The van der Waals surface area contributed by atoms with Gasteiger partial charge in [0.25, 0.3) is 0 Å². The maximum absolute atomic E-state index is 12.4. The zero-order chi connectivity index (χ0) is 19.1. The summed E-state index contributed by atoms with van der Waals surface area (Å²) in [5, 5.41) is 15.0. The van der Waals surface area contributed by atoms with Crippen LogP contribution in [0.2, 0.25) is 10.0 Å². The van der Waals surface area contributed by atoms with Gasteiger partial charge in [0.15, 0.2) is 0 Å². The fourth-order valence-corrected chi connectivity index (χ4v) is 3.93.